The summed E-state index contributed by atoms with van der Waals surface area (Å²) in [6.45, 7) is 4.13. The van der Waals surface area contributed by atoms with E-state index in [2.05, 4.69) is 19.5 Å². The van der Waals surface area contributed by atoms with Crippen LogP contribution in [-0.4, -0.2) is 8.83 Å². The van der Waals surface area contributed by atoms with Gasteiger partial charge in [-0.3, -0.25) is 0 Å². The predicted octanol–water partition coefficient (Wildman–Crippen LogP) is 3.57. The third-order valence-corrected chi connectivity index (χ3v) is 3.42. The van der Waals surface area contributed by atoms with Crippen molar-refractivity contribution in [3.8, 4) is 0 Å². The zero-order chi connectivity index (χ0) is 9.23. The first-order chi connectivity index (χ1) is 5.77. The molecule has 0 nitrogen and oxygen atoms in total. The molecule has 0 bridgehead atoms. The summed E-state index contributed by atoms with van der Waals surface area (Å²) >= 11 is 5.46. The molecule has 1 aliphatic carbocycles. The van der Waals surface area contributed by atoms with Crippen molar-refractivity contribution in [2.24, 2.45) is 0 Å². The molecule has 1 fully saturated rings. The molecule has 0 radical (unpaired) electrons. The molecule has 0 atom stereocenters. The van der Waals surface area contributed by atoms with Crippen molar-refractivity contribution in [1.29, 1.82) is 0 Å². The van der Waals surface area contributed by atoms with Crippen LogP contribution in [0.5, 0.6) is 0 Å². The minimum absolute atomic E-state index is 0.323. The minimum Gasteiger partial charge on any atom is -0.171 e. The lowest BCUT2D eigenvalue weighted by Crippen LogP contribution is -1.85. The second-order valence-electron chi connectivity index (χ2n) is 3.56. The van der Waals surface area contributed by atoms with E-state index in [0.29, 0.717) is 0 Å². The van der Waals surface area contributed by atoms with E-state index in [9.17, 15) is 0 Å². The fraction of sp³-hybridized carbons (Fsp3) is 0.800. The molecule has 1 saturated carbocycles. The maximum Gasteiger partial charge on any atom is 0.148 e. The molecule has 72 valence electrons. The van der Waals surface area contributed by atoms with E-state index in [1.54, 1.807) is 0 Å². The molecule has 0 amide bonds. The number of hydrogen-bond acceptors (Lipinski definition) is 0. The topological polar surface area (TPSA) is 0 Å². The zero-order valence-corrected chi connectivity index (χ0v) is 10.6. The van der Waals surface area contributed by atoms with Gasteiger partial charge in [-0.1, -0.05) is 49.8 Å². The highest BCUT2D eigenvalue weighted by Gasteiger charge is 1.95. The first-order valence-electron chi connectivity index (χ1n) is 4.96. The van der Waals surface area contributed by atoms with Gasteiger partial charge in [-0.05, 0) is 13.8 Å². The maximum atomic E-state index is 5.46. The summed E-state index contributed by atoms with van der Waals surface area (Å²) in [5.41, 5.74) is 3.46. The second kappa shape index (κ2) is 9.34. The van der Waals surface area contributed by atoms with Gasteiger partial charge in [0.05, 0.1) is 0 Å². The van der Waals surface area contributed by atoms with Crippen molar-refractivity contribution >= 4 is 19.9 Å². The summed E-state index contributed by atoms with van der Waals surface area (Å²) in [5, 5.41) is 0. The quantitative estimate of drug-likeness (QED) is 0.453. The van der Waals surface area contributed by atoms with E-state index >= 15 is 0 Å². The Morgan fingerprint density at radius 1 is 1.00 bits per heavy atom. The predicted molar refractivity (Wildman–Crippen MR) is 61.5 cm³/mol. The van der Waals surface area contributed by atoms with E-state index < -0.39 is 0 Å². The molecule has 0 heterocycles. The van der Waals surface area contributed by atoms with E-state index in [-0.39, 0.29) is 8.83 Å². The van der Waals surface area contributed by atoms with Crippen LogP contribution >= 0.6 is 11.1 Å². The summed E-state index contributed by atoms with van der Waals surface area (Å²) in [5.74, 6) is 0. The van der Waals surface area contributed by atoms with Gasteiger partial charge in [0.2, 0.25) is 0 Å². The third-order valence-electron chi connectivity index (χ3n) is 1.99. The van der Waals surface area contributed by atoms with Crippen molar-refractivity contribution in [3.05, 3.63) is 11.3 Å². The molecule has 1 rings (SSSR count). The van der Waals surface area contributed by atoms with Gasteiger partial charge in [0, 0.05) is 0 Å². The smallest absolute Gasteiger partial charge is 0.148 e. The van der Waals surface area contributed by atoms with Crippen molar-refractivity contribution in [1.82, 2.24) is 0 Å². The van der Waals surface area contributed by atoms with Gasteiger partial charge < -0.3 is 0 Å². The van der Waals surface area contributed by atoms with Crippen LogP contribution in [0, 0.1) is 0 Å². The first-order valence-corrected chi connectivity index (χ1v) is 7.92. The van der Waals surface area contributed by atoms with E-state index in [4.69, 9.17) is 11.1 Å². The molecule has 12 heavy (non-hydrogen) atoms. The molecule has 0 N–H and O–H groups in total. The Kier molecular flexibility index (Phi) is 9.53. The van der Waals surface area contributed by atoms with Crippen molar-refractivity contribution < 1.29 is 0 Å². The van der Waals surface area contributed by atoms with E-state index in [1.807, 2.05) is 0 Å². The van der Waals surface area contributed by atoms with Gasteiger partial charge in [0.15, 0.2) is 0 Å². The van der Waals surface area contributed by atoms with Crippen LogP contribution in [-0.2, 0) is 0 Å². The monoisotopic (exact) mass is 204 g/mol. The standard InChI is InChI=1S/C6H12.C4H9ClSi/c1-2-4-6-5-3-1;1-4(2)3-6-5/h1-6H2;3H,6H2,1-2H3. The molecule has 0 aromatic heterocycles. The highest BCUT2D eigenvalue weighted by molar-refractivity contribution is 6.96. The molecule has 0 aromatic carbocycles. The number of hydrogen-bond donors (Lipinski definition) is 0. The summed E-state index contributed by atoms with van der Waals surface area (Å²) in [7, 11) is -0.323. The van der Waals surface area contributed by atoms with Gasteiger partial charge in [0.25, 0.3) is 0 Å². The molecule has 2 heteroatoms. The molecule has 0 saturated heterocycles. The van der Waals surface area contributed by atoms with Crippen LogP contribution in [0.15, 0.2) is 11.3 Å². The molecule has 1 aliphatic rings. The van der Waals surface area contributed by atoms with E-state index in [0.717, 1.165) is 0 Å². The second-order valence-corrected chi connectivity index (χ2v) is 5.20. The Morgan fingerprint density at radius 2 is 1.33 bits per heavy atom. The SMILES string of the molecule is C1CCCCC1.CC(C)=C[SiH2]Cl. The Balaban J connectivity index is 0.000000202. The highest BCUT2D eigenvalue weighted by atomic mass is 35.6. The van der Waals surface area contributed by atoms with Crippen LogP contribution in [0.4, 0.5) is 0 Å². The summed E-state index contributed by atoms with van der Waals surface area (Å²) in [6, 6.07) is 0. The normalized spacial score (nSPS) is 16.9. The van der Waals surface area contributed by atoms with Crippen LogP contribution in [0.1, 0.15) is 52.4 Å². The Hall–Kier alpha value is 0.247. The summed E-state index contributed by atoms with van der Waals surface area (Å²) < 4.78 is 0. The van der Waals surface area contributed by atoms with Crippen molar-refractivity contribution in [2.45, 2.75) is 52.4 Å². The fourth-order valence-electron chi connectivity index (χ4n) is 1.21. The van der Waals surface area contributed by atoms with Crippen molar-refractivity contribution in [3.63, 3.8) is 0 Å². The van der Waals surface area contributed by atoms with Crippen LogP contribution in [0.2, 0.25) is 0 Å². The molecule has 0 spiro atoms. The largest absolute Gasteiger partial charge is 0.171 e. The number of halogens is 1. The number of rotatable bonds is 1. The molecular formula is C10H21ClSi. The van der Waals surface area contributed by atoms with Crippen LogP contribution < -0.4 is 0 Å². The molecule has 0 aromatic rings. The van der Waals surface area contributed by atoms with Crippen molar-refractivity contribution in [2.75, 3.05) is 0 Å². The number of allylic oxidation sites excluding steroid dienone is 1. The first kappa shape index (κ1) is 12.2. The summed E-state index contributed by atoms with van der Waals surface area (Å²) in [6.07, 6.45) is 9.00. The van der Waals surface area contributed by atoms with Crippen LogP contribution in [0.3, 0.4) is 0 Å². The molecular weight excluding hydrogens is 184 g/mol. The van der Waals surface area contributed by atoms with Gasteiger partial charge in [-0.15, -0.1) is 0 Å². The Labute approximate surface area is 83.9 Å². The average molecular weight is 205 g/mol. The Morgan fingerprint density at radius 3 is 1.42 bits per heavy atom. The molecule has 0 unspecified atom stereocenters. The fourth-order valence-corrected chi connectivity index (χ4v) is 2.45. The third kappa shape index (κ3) is 10.2. The summed E-state index contributed by atoms with van der Waals surface area (Å²) in [4.78, 5) is 0. The highest BCUT2D eigenvalue weighted by Crippen LogP contribution is 2.15. The average Bonchev–Trinajstić information content (AvgIpc) is 2.08. The van der Waals surface area contributed by atoms with E-state index in [1.165, 1.54) is 44.1 Å². The minimum atomic E-state index is -0.323. The van der Waals surface area contributed by atoms with Crippen LogP contribution in [0.25, 0.3) is 0 Å². The molecule has 0 aliphatic heterocycles. The van der Waals surface area contributed by atoms with Gasteiger partial charge in [-0.2, -0.15) is 11.1 Å². The van der Waals surface area contributed by atoms with Gasteiger partial charge in [0.1, 0.15) is 8.83 Å². The maximum absolute atomic E-state index is 5.46. The lowest BCUT2D eigenvalue weighted by atomic mass is 10.0. The van der Waals surface area contributed by atoms with Gasteiger partial charge in [-0.25, -0.2) is 0 Å². The lowest BCUT2D eigenvalue weighted by molar-refractivity contribution is 0.504. The lowest BCUT2D eigenvalue weighted by Gasteiger charge is -2.05. The zero-order valence-electron chi connectivity index (χ0n) is 8.41. The van der Waals surface area contributed by atoms with Gasteiger partial charge >= 0.3 is 0 Å². The Bertz CT molecular complexity index is 101.